The average molecular weight is 393 g/mol. The predicted molar refractivity (Wildman–Crippen MR) is 109 cm³/mol. The molecule has 0 fully saturated rings. The number of carbonyl (C=O) groups is 1. The molecule has 1 aliphatic heterocycles. The van der Waals surface area contributed by atoms with Gasteiger partial charge in [-0.25, -0.2) is 0 Å². The molecule has 0 bridgehead atoms. The summed E-state index contributed by atoms with van der Waals surface area (Å²) >= 11 is 0. The molecule has 0 atom stereocenters. The number of methoxy groups -OCH3 is 2. The molecular formula is C21H19N3O5. The largest absolute Gasteiger partial charge is 0.497 e. The first kappa shape index (κ1) is 18.5. The molecule has 0 aromatic heterocycles. The number of hydrogen-bond acceptors (Lipinski definition) is 6. The summed E-state index contributed by atoms with van der Waals surface area (Å²) in [5, 5.41) is 17.4. The zero-order valence-electron chi connectivity index (χ0n) is 15.9. The van der Waals surface area contributed by atoms with Crippen LogP contribution in [0.2, 0.25) is 0 Å². The first-order valence-electron chi connectivity index (χ1n) is 9.03. The van der Waals surface area contributed by atoms with Crippen LogP contribution < -0.4 is 20.1 Å². The van der Waals surface area contributed by atoms with Crippen LogP contribution in [0.3, 0.4) is 0 Å². The van der Waals surface area contributed by atoms with Crippen LogP contribution in [0.1, 0.15) is 18.4 Å². The molecule has 0 saturated heterocycles. The van der Waals surface area contributed by atoms with Crippen molar-refractivity contribution in [1.29, 1.82) is 0 Å². The highest BCUT2D eigenvalue weighted by Crippen LogP contribution is 2.39. The highest BCUT2D eigenvalue weighted by Gasteiger charge is 2.25. The molecule has 2 N–H and O–H groups in total. The van der Waals surface area contributed by atoms with E-state index in [1.165, 1.54) is 13.2 Å². The molecule has 2 aromatic rings. The number of fused-ring (bicyclic) bond motifs is 1. The van der Waals surface area contributed by atoms with E-state index in [-0.39, 0.29) is 17.3 Å². The second-order valence-electron chi connectivity index (χ2n) is 6.70. The molecular weight excluding hydrogens is 374 g/mol. The molecule has 1 heterocycles. The Morgan fingerprint density at radius 1 is 1.00 bits per heavy atom. The summed E-state index contributed by atoms with van der Waals surface area (Å²) in [6.07, 6.45) is 3.09. The molecule has 0 radical (unpaired) electrons. The molecule has 8 nitrogen and oxygen atoms in total. The molecule has 2 aromatic carbocycles. The lowest BCUT2D eigenvalue weighted by Crippen LogP contribution is -2.16. The molecule has 1 amide bonds. The van der Waals surface area contributed by atoms with Gasteiger partial charge >= 0.3 is 5.69 Å². The lowest BCUT2D eigenvalue weighted by Gasteiger charge is -2.19. The summed E-state index contributed by atoms with van der Waals surface area (Å²) in [5.74, 6) is 0.702. The first-order valence-corrected chi connectivity index (χ1v) is 9.03. The van der Waals surface area contributed by atoms with Crippen LogP contribution in [0.25, 0.3) is 5.57 Å². The Morgan fingerprint density at radius 3 is 2.55 bits per heavy atom. The number of nitrogens with one attached hydrogen (secondary N) is 2. The van der Waals surface area contributed by atoms with Crippen LogP contribution in [-0.2, 0) is 4.79 Å². The van der Waals surface area contributed by atoms with Crippen molar-refractivity contribution in [3.8, 4) is 11.5 Å². The monoisotopic (exact) mass is 393 g/mol. The summed E-state index contributed by atoms with van der Waals surface area (Å²) in [7, 11) is 2.98. The number of nitrogens with zero attached hydrogens (tertiary/aromatic N) is 1. The molecule has 29 heavy (non-hydrogen) atoms. The summed E-state index contributed by atoms with van der Waals surface area (Å²) in [6.45, 7) is 0. The van der Waals surface area contributed by atoms with Gasteiger partial charge in [-0.15, -0.1) is 0 Å². The Hall–Kier alpha value is -3.81. The smallest absolute Gasteiger partial charge is 0.310 e. The third kappa shape index (κ3) is 3.40. The van der Waals surface area contributed by atoms with Crippen LogP contribution in [0.4, 0.5) is 17.1 Å². The third-order valence-electron chi connectivity index (χ3n) is 5.05. The maximum Gasteiger partial charge on any atom is 0.310 e. The number of rotatable bonds is 4. The Balaban J connectivity index is 1.72. The average Bonchev–Trinajstić information content (AvgIpc) is 2.87. The summed E-state index contributed by atoms with van der Waals surface area (Å²) in [6, 6.07) is 10.2. The number of nitro benzene ring substituents is 1. The van der Waals surface area contributed by atoms with Crippen molar-refractivity contribution in [2.24, 2.45) is 0 Å². The van der Waals surface area contributed by atoms with Crippen molar-refractivity contribution in [2.45, 2.75) is 12.8 Å². The second-order valence-corrected chi connectivity index (χ2v) is 6.70. The Morgan fingerprint density at radius 2 is 1.83 bits per heavy atom. The van der Waals surface area contributed by atoms with E-state index in [0.29, 0.717) is 35.5 Å². The van der Waals surface area contributed by atoms with E-state index < -0.39 is 4.92 Å². The van der Waals surface area contributed by atoms with Gasteiger partial charge in [-0.2, -0.15) is 0 Å². The van der Waals surface area contributed by atoms with Crippen molar-refractivity contribution >= 4 is 28.5 Å². The van der Waals surface area contributed by atoms with E-state index >= 15 is 0 Å². The van der Waals surface area contributed by atoms with Gasteiger partial charge in [0.15, 0.2) is 5.75 Å². The standard InChI is InChI=1S/C21H19N3O5/c1-28-14-5-7-16-18(11-14)23-21(25)15-6-3-12(9-17(15)22-16)13-4-8-19(24(26)27)20(10-13)29-2/h4-5,7-11,22H,3,6H2,1-2H3,(H,23,25). The Kier molecular flexibility index (Phi) is 4.67. The number of carbonyl (C=O) groups excluding carboxylic acids is 1. The highest BCUT2D eigenvalue weighted by molar-refractivity contribution is 6.09. The number of allylic oxidation sites excluding steroid dienone is 2. The van der Waals surface area contributed by atoms with E-state index in [1.807, 2.05) is 18.2 Å². The van der Waals surface area contributed by atoms with Crippen LogP contribution in [0.15, 0.2) is 53.7 Å². The molecule has 8 heteroatoms. The van der Waals surface area contributed by atoms with Gasteiger partial charge in [0.05, 0.1) is 30.5 Å². The quantitative estimate of drug-likeness (QED) is 0.599. The van der Waals surface area contributed by atoms with Gasteiger partial charge in [0.1, 0.15) is 5.75 Å². The minimum Gasteiger partial charge on any atom is -0.497 e. The number of hydrogen-bond donors (Lipinski definition) is 2. The highest BCUT2D eigenvalue weighted by atomic mass is 16.6. The zero-order valence-corrected chi connectivity index (χ0v) is 15.9. The van der Waals surface area contributed by atoms with E-state index in [9.17, 15) is 14.9 Å². The maximum absolute atomic E-state index is 12.7. The van der Waals surface area contributed by atoms with Gasteiger partial charge < -0.3 is 20.1 Å². The van der Waals surface area contributed by atoms with E-state index in [4.69, 9.17) is 9.47 Å². The van der Waals surface area contributed by atoms with Gasteiger partial charge in [0.2, 0.25) is 0 Å². The van der Waals surface area contributed by atoms with Crippen LogP contribution >= 0.6 is 0 Å². The van der Waals surface area contributed by atoms with Crippen molar-refractivity contribution in [2.75, 3.05) is 24.9 Å². The van der Waals surface area contributed by atoms with Crippen molar-refractivity contribution < 1.29 is 19.2 Å². The van der Waals surface area contributed by atoms with Crippen molar-refractivity contribution in [3.63, 3.8) is 0 Å². The number of amides is 1. The van der Waals surface area contributed by atoms with Crippen LogP contribution in [0.5, 0.6) is 11.5 Å². The first-order chi connectivity index (χ1) is 14.0. The third-order valence-corrected chi connectivity index (χ3v) is 5.05. The minimum atomic E-state index is -0.471. The van der Waals surface area contributed by atoms with Crippen LogP contribution in [0, 0.1) is 10.1 Å². The molecule has 4 rings (SSSR count). The van der Waals surface area contributed by atoms with Crippen molar-refractivity contribution in [1.82, 2.24) is 0 Å². The van der Waals surface area contributed by atoms with E-state index in [1.54, 1.807) is 25.3 Å². The van der Waals surface area contributed by atoms with Gasteiger partial charge in [-0.1, -0.05) is 0 Å². The molecule has 0 saturated carbocycles. The van der Waals surface area contributed by atoms with E-state index in [2.05, 4.69) is 10.6 Å². The number of anilines is 2. The van der Waals surface area contributed by atoms with Gasteiger partial charge in [0, 0.05) is 23.4 Å². The van der Waals surface area contributed by atoms with Crippen LogP contribution in [-0.4, -0.2) is 25.1 Å². The van der Waals surface area contributed by atoms with Gasteiger partial charge in [0.25, 0.3) is 5.91 Å². The minimum absolute atomic E-state index is 0.0811. The summed E-state index contributed by atoms with van der Waals surface area (Å²) < 4.78 is 10.4. The van der Waals surface area contributed by atoms with Gasteiger partial charge in [-0.05, 0) is 54.3 Å². The molecule has 0 spiro atoms. The molecule has 1 aliphatic carbocycles. The van der Waals surface area contributed by atoms with E-state index in [0.717, 1.165) is 16.8 Å². The fourth-order valence-electron chi connectivity index (χ4n) is 3.54. The molecule has 0 unspecified atom stereocenters. The number of nitro groups is 1. The zero-order chi connectivity index (χ0) is 20.5. The SMILES string of the molecule is COc1ccc2c(c1)NC(=O)C1=C(C=C(c3ccc([N+](=O)[O-])c(OC)c3)CC1)N2. The normalized spacial score (nSPS) is 15.2. The van der Waals surface area contributed by atoms with Gasteiger partial charge in [-0.3, -0.25) is 14.9 Å². The maximum atomic E-state index is 12.7. The fraction of sp³-hybridized carbons (Fsp3) is 0.190. The lowest BCUT2D eigenvalue weighted by molar-refractivity contribution is -0.385. The Labute approximate surface area is 167 Å². The number of benzene rings is 2. The molecule has 148 valence electrons. The topological polar surface area (TPSA) is 103 Å². The second kappa shape index (κ2) is 7.31. The summed E-state index contributed by atoms with van der Waals surface area (Å²) in [5.41, 5.74) is 4.50. The summed E-state index contributed by atoms with van der Waals surface area (Å²) in [4.78, 5) is 23.4. The molecule has 2 aliphatic rings. The number of ether oxygens (including phenoxy) is 2. The van der Waals surface area contributed by atoms with Crippen molar-refractivity contribution in [3.05, 3.63) is 69.4 Å². The predicted octanol–water partition coefficient (Wildman–Crippen LogP) is 4.11. The lowest BCUT2D eigenvalue weighted by atomic mass is 9.90. The fourth-order valence-corrected chi connectivity index (χ4v) is 3.54. The Bertz CT molecular complexity index is 1090.